The number of nitrogens with one attached hydrogen (secondary N) is 3. The number of carbonyl (C=O) groups excluding carboxylic acids is 2. The van der Waals surface area contributed by atoms with Crippen molar-refractivity contribution >= 4 is 29.0 Å². The first-order chi connectivity index (χ1) is 17.9. The van der Waals surface area contributed by atoms with Gasteiger partial charge >= 0.3 is 5.97 Å². The van der Waals surface area contributed by atoms with Crippen molar-refractivity contribution in [1.29, 1.82) is 0 Å². The number of hydrogen-bond donors (Lipinski definition) is 4. The van der Waals surface area contributed by atoms with Crippen molar-refractivity contribution in [1.82, 2.24) is 20.4 Å². The quantitative estimate of drug-likeness (QED) is 0.247. The van der Waals surface area contributed by atoms with Gasteiger partial charge in [-0.3, -0.25) is 14.1 Å². The third kappa shape index (κ3) is 6.97. The highest BCUT2D eigenvalue weighted by molar-refractivity contribution is 5.94. The van der Waals surface area contributed by atoms with Gasteiger partial charge in [-0.2, -0.15) is 0 Å². The van der Waals surface area contributed by atoms with Crippen LogP contribution in [-0.4, -0.2) is 61.7 Å². The van der Waals surface area contributed by atoms with Crippen LogP contribution in [-0.2, 0) is 14.4 Å². The van der Waals surface area contributed by atoms with E-state index in [0.717, 1.165) is 17.7 Å². The number of carboxylic acid groups (broad SMARTS) is 1. The van der Waals surface area contributed by atoms with Crippen LogP contribution in [0, 0.1) is 16.7 Å². The van der Waals surface area contributed by atoms with Gasteiger partial charge in [-0.25, -0.2) is 4.79 Å². The summed E-state index contributed by atoms with van der Waals surface area (Å²) in [6.45, 7) is 18.2. The number of nitrogens with zero attached hydrogens (tertiary/aromatic N) is 1. The minimum absolute atomic E-state index is 0.0380. The van der Waals surface area contributed by atoms with Crippen molar-refractivity contribution in [3.05, 3.63) is 47.7 Å². The van der Waals surface area contributed by atoms with Gasteiger partial charge in [0.25, 0.3) is 0 Å². The minimum Gasteiger partial charge on any atom is -0.478 e. The number of carboxylic acids is 1. The van der Waals surface area contributed by atoms with Crippen molar-refractivity contribution in [2.45, 2.75) is 80.4 Å². The number of amides is 2. The van der Waals surface area contributed by atoms with Gasteiger partial charge in [-0.1, -0.05) is 66.7 Å². The molecule has 1 aliphatic rings. The molecule has 8 heteroatoms. The van der Waals surface area contributed by atoms with Crippen molar-refractivity contribution in [3.8, 4) is 0 Å². The Morgan fingerprint density at radius 2 is 1.56 bits per heavy atom. The molecule has 216 valence electrons. The molecule has 0 aliphatic carbocycles. The smallest absolute Gasteiger partial charge is 0.331 e. The topological polar surface area (TPSA) is 108 Å². The summed E-state index contributed by atoms with van der Waals surface area (Å²) in [6, 6.07) is 6.37. The van der Waals surface area contributed by atoms with E-state index in [-0.39, 0.29) is 23.3 Å². The van der Waals surface area contributed by atoms with Gasteiger partial charge in [0.05, 0.1) is 25.7 Å². The molecule has 0 saturated carbocycles. The van der Waals surface area contributed by atoms with Crippen LogP contribution in [0.5, 0.6) is 0 Å². The molecular weight excluding hydrogens is 492 g/mol. The molecule has 39 heavy (non-hydrogen) atoms. The number of benzene rings is 1. The molecule has 0 aromatic heterocycles. The van der Waals surface area contributed by atoms with Crippen molar-refractivity contribution < 1.29 is 19.5 Å². The molecule has 1 heterocycles. The van der Waals surface area contributed by atoms with Gasteiger partial charge in [-0.15, -0.1) is 0 Å². The van der Waals surface area contributed by atoms with E-state index in [2.05, 4.69) is 62.1 Å². The molecule has 2 rings (SSSR count). The fourth-order valence-electron chi connectivity index (χ4n) is 5.21. The van der Waals surface area contributed by atoms with Crippen LogP contribution in [0.15, 0.2) is 42.1 Å². The van der Waals surface area contributed by atoms with Crippen LogP contribution in [0.25, 0.3) is 5.57 Å². The number of carbonyl (C=O) groups is 3. The van der Waals surface area contributed by atoms with Gasteiger partial charge in [0, 0.05) is 28.2 Å². The van der Waals surface area contributed by atoms with Crippen LogP contribution in [0.2, 0.25) is 0 Å². The van der Waals surface area contributed by atoms with E-state index in [4.69, 9.17) is 0 Å². The van der Waals surface area contributed by atoms with E-state index in [1.54, 1.807) is 13.1 Å². The molecule has 4 atom stereocenters. The predicted molar refractivity (Wildman–Crippen MR) is 159 cm³/mol. The fourth-order valence-corrected chi connectivity index (χ4v) is 5.21. The van der Waals surface area contributed by atoms with E-state index in [1.165, 1.54) is 12.6 Å². The summed E-state index contributed by atoms with van der Waals surface area (Å²) in [5, 5.41) is 18.5. The second kappa shape index (κ2) is 12.0. The highest BCUT2D eigenvalue weighted by Crippen LogP contribution is 2.48. The number of likely N-dealkylation sites (N-methyl/N-ethyl adjacent to an activating group) is 1. The second-order valence-corrected chi connectivity index (χ2v) is 12.8. The van der Waals surface area contributed by atoms with E-state index >= 15 is 0 Å². The molecule has 1 aromatic rings. The number of aliphatic carboxylic acids is 1. The number of quaternary nitrogens is 1. The van der Waals surface area contributed by atoms with Crippen LogP contribution >= 0.6 is 0 Å². The summed E-state index contributed by atoms with van der Waals surface area (Å²) in [5.41, 5.74) is 2.39. The predicted octanol–water partition coefficient (Wildman–Crippen LogP) is 4.31. The number of rotatable bonds is 11. The Morgan fingerprint density at radius 1 is 1.00 bits per heavy atom. The molecule has 1 unspecified atom stereocenters. The molecule has 8 nitrogen and oxygen atoms in total. The Labute approximate surface area is 234 Å². The van der Waals surface area contributed by atoms with Crippen LogP contribution in [0.3, 0.4) is 0 Å². The van der Waals surface area contributed by atoms with E-state index < -0.39 is 34.9 Å². The zero-order chi connectivity index (χ0) is 29.9. The molecule has 4 N–H and O–H groups in total. The molecular formula is C31H49N4O4+. The Kier molecular flexibility index (Phi) is 9.96. The van der Waals surface area contributed by atoms with Crippen molar-refractivity contribution in [2.24, 2.45) is 16.7 Å². The summed E-state index contributed by atoms with van der Waals surface area (Å²) in [6.07, 6.45) is 3.79. The Hall–Kier alpha value is -2.97. The lowest BCUT2D eigenvalue weighted by molar-refractivity contribution is -0.134. The van der Waals surface area contributed by atoms with Gasteiger partial charge < -0.3 is 21.1 Å². The first-order valence-corrected chi connectivity index (χ1v) is 13.8. The lowest BCUT2D eigenvalue weighted by Gasteiger charge is -2.37. The molecule has 0 saturated heterocycles. The fraction of sp³-hybridized carbons (Fsp3) is 0.581. The Morgan fingerprint density at radius 3 is 2.05 bits per heavy atom. The summed E-state index contributed by atoms with van der Waals surface area (Å²) in [5.74, 6) is -1.69. The normalized spacial score (nSPS) is 20.1. The largest absolute Gasteiger partial charge is 0.478 e. The maximum atomic E-state index is 13.9. The third-order valence-electron chi connectivity index (χ3n) is 7.99. The van der Waals surface area contributed by atoms with E-state index in [9.17, 15) is 19.5 Å². The summed E-state index contributed by atoms with van der Waals surface area (Å²) in [4.78, 5) is 38.8. The molecule has 0 fully saturated rings. The van der Waals surface area contributed by atoms with Gasteiger partial charge in [0.15, 0.2) is 0 Å². The summed E-state index contributed by atoms with van der Waals surface area (Å²) >= 11 is 0. The number of fused-ring (bicyclic) bond motifs is 1. The number of hydrogen-bond acceptors (Lipinski definition) is 4. The minimum atomic E-state index is -1.03. The monoisotopic (exact) mass is 541 g/mol. The summed E-state index contributed by atoms with van der Waals surface area (Å²) in [7, 11) is 3.93. The first kappa shape index (κ1) is 32.2. The standard InChI is InChI=1S/C31H48N4O4/c1-12-35(11)18-22(21-15-13-14-16-24(21)35)31(8,9)26(32-10)28(37)34-25(30(5,6)7)27(36)33-23(19(2)3)17-20(4)29(38)39/h13-19,23,25-26,32H,12H2,1-11H3,(H2-,33,34,36,37,38,39)/p+1/t23-,25-,26-,35?/m1/s1. The molecule has 0 bridgehead atoms. The second-order valence-electron chi connectivity index (χ2n) is 12.8. The highest BCUT2D eigenvalue weighted by Gasteiger charge is 2.46. The lowest BCUT2D eigenvalue weighted by Crippen LogP contribution is -2.61. The molecule has 2 amide bonds. The molecule has 0 radical (unpaired) electrons. The highest BCUT2D eigenvalue weighted by atomic mass is 16.4. The summed E-state index contributed by atoms with van der Waals surface area (Å²) < 4.78 is 0.653. The first-order valence-electron chi connectivity index (χ1n) is 13.8. The maximum Gasteiger partial charge on any atom is 0.331 e. The third-order valence-corrected chi connectivity index (χ3v) is 7.99. The SMILES string of the molecule is CC[N+]1(C)C=C(C(C)(C)[C@H](NC)C(=O)N[C@H](C(=O)N[C@H](C=C(C)C(=O)O)C(C)C)C(C)(C)C)c2ccccc21. The lowest BCUT2D eigenvalue weighted by atomic mass is 9.74. The molecule has 1 aromatic carbocycles. The zero-order valence-electron chi connectivity index (χ0n) is 25.6. The average molecular weight is 542 g/mol. The Balaban J connectivity index is 2.40. The van der Waals surface area contributed by atoms with Gasteiger partial charge in [0.2, 0.25) is 11.8 Å². The molecule has 1 aliphatic heterocycles. The van der Waals surface area contributed by atoms with Gasteiger partial charge in [0.1, 0.15) is 17.9 Å². The maximum absolute atomic E-state index is 13.9. The van der Waals surface area contributed by atoms with Crippen molar-refractivity contribution in [3.63, 3.8) is 0 Å². The van der Waals surface area contributed by atoms with Crippen molar-refractivity contribution in [2.75, 3.05) is 20.6 Å². The average Bonchev–Trinajstić information content (AvgIpc) is 3.15. The van der Waals surface area contributed by atoms with Crippen LogP contribution in [0.4, 0.5) is 5.69 Å². The van der Waals surface area contributed by atoms with Gasteiger partial charge in [-0.05, 0) is 38.3 Å². The van der Waals surface area contributed by atoms with E-state index in [0.29, 0.717) is 4.48 Å². The molecule has 0 spiro atoms. The van der Waals surface area contributed by atoms with Crippen LogP contribution < -0.4 is 20.4 Å². The Bertz CT molecular complexity index is 1150. The van der Waals surface area contributed by atoms with E-state index in [1.807, 2.05) is 46.8 Å². The zero-order valence-corrected chi connectivity index (χ0v) is 25.6. The number of para-hydroxylation sites is 1. The van der Waals surface area contributed by atoms with Crippen LogP contribution in [0.1, 0.15) is 67.9 Å².